The van der Waals surface area contributed by atoms with Crippen LogP contribution in [0.5, 0.6) is 5.75 Å². The van der Waals surface area contributed by atoms with Gasteiger partial charge in [0, 0.05) is 13.1 Å². The molecule has 5 nitrogen and oxygen atoms in total. The van der Waals surface area contributed by atoms with Gasteiger partial charge in [0.25, 0.3) is 0 Å². The van der Waals surface area contributed by atoms with Gasteiger partial charge in [-0.1, -0.05) is 38.8 Å². The summed E-state index contributed by atoms with van der Waals surface area (Å²) in [5.41, 5.74) is 0.449. The third kappa shape index (κ3) is 9.30. The fraction of sp³-hybridized carbons (Fsp3) is 0.632. The summed E-state index contributed by atoms with van der Waals surface area (Å²) in [6.07, 6.45) is 3.53. The van der Waals surface area contributed by atoms with Gasteiger partial charge in [0.2, 0.25) is 0 Å². The molecule has 144 valence electrons. The topological polar surface area (TPSA) is 65.9 Å². The quantitative estimate of drug-likeness (QED) is 0.281. The molecule has 0 aliphatic rings. The number of nitrogens with zero attached hydrogens (tertiary/aromatic N) is 1. The first-order valence-electron chi connectivity index (χ1n) is 8.94. The fourth-order valence-electron chi connectivity index (χ4n) is 2.72. The van der Waals surface area contributed by atoms with Gasteiger partial charge in [-0.15, -0.1) is 24.0 Å². The van der Waals surface area contributed by atoms with Crippen LogP contribution in [0.25, 0.3) is 0 Å². The molecular weight excluding hydrogens is 429 g/mol. The normalized spacial score (nSPS) is 11.6. The Morgan fingerprint density at radius 1 is 1.08 bits per heavy atom. The van der Waals surface area contributed by atoms with Crippen LogP contribution in [0.2, 0.25) is 0 Å². The van der Waals surface area contributed by atoms with Crippen molar-refractivity contribution in [1.82, 2.24) is 10.6 Å². The number of hydrogen-bond donors (Lipinski definition) is 3. The van der Waals surface area contributed by atoms with Gasteiger partial charge in [-0.25, -0.2) is 4.99 Å². The van der Waals surface area contributed by atoms with E-state index in [1.807, 2.05) is 31.2 Å². The standard InChI is InChI=1S/C19H33N3O2.HI/c1-5-12-19(23,13-6-2)15-22-18(20-7-3)21-14-16-8-10-17(24-4)11-9-16;/h8-11,23H,5-7,12-15H2,1-4H3,(H2,20,21,22);1H. The van der Waals surface area contributed by atoms with Crippen molar-refractivity contribution in [3.05, 3.63) is 29.8 Å². The van der Waals surface area contributed by atoms with E-state index >= 15 is 0 Å². The summed E-state index contributed by atoms with van der Waals surface area (Å²) in [5.74, 6) is 1.58. The molecule has 0 bridgehead atoms. The lowest BCUT2D eigenvalue weighted by molar-refractivity contribution is 0.0257. The van der Waals surface area contributed by atoms with Crippen molar-refractivity contribution in [3.8, 4) is 5.75 Å². The van der Waals surface area contributed by atoms with Crippen LogP contribution in [0, 0.1) is 0 Å². The van der Waals surface area contributed by atoms with E-state index in [0.29, 0.717) is 13.1 Å². The third-order valence-electron chi connectivity index (χ3n) is 3.94. The molecule has 1 rings (SSSR count). The molecule has 0 radical (unpaired) electrons. The summed E-state index contributed by atoms with van der Waals surface area (Å²) >= 11 is 0. The van der Waals surface area contributed by atoms with E-state index in [1.54, 1.807) is 7.11 Å². The van der Waals surface area contributed by atoms with Crippen LogP contribution in [0.1, 0.15) is 52.0 Å². The summed E-state index contributed by atoms with van der Waals surface area (Å²) < 4.78 is 5.17. The Balaban J connectivity index is 0.00000576. The molecule has 0 heterocycles. The Kier molecular flexibility index (Phi) is 12.7. The molecule has 0 aromatic heterocycles. The number of guanidine groups is 1. The van der Waals surface area contributed by atoms with E-state index in [4.69, 9.17) is 4.74 Å². The molecule has 0 atom stereocenters. The van der Waals surface area contributed by atoms with Gasteiger partial charge in [-0.3, -0.25) is 0 Å². The second-order valence-corrected chi connectivity index (χ2v) is 6.12. The van der Waals surface area contributed by atoms with Crippen molar-refractivity contribution in [2.45, 2.75) is 58.6 Å². The van der Waals surface area contributed by atoms with Crippen LogP contribution in [0.4, 0.5) is 0 Å². The summed E-state index contributed by atoms with van der Waals surface area (Å²) in [6.45, 7) is 8.12. The lowest BCUT2D eigenvalue weighted by atomic mass is 9.93. The van der Waals surface area contributed by atoms with E-state index in [9.17, 15) is 5.11 Å². The van der Waals surface area contributed by atoms with Gasteiger partial charge in [0.05, 0.1) is 19.3 Å². The first-order valence-corrected chi connectivity index (χ1v) is 8.94. The van der Waals surface area contributed by atoms with Gasteiger partial charge in [-0.2, -0.15) is 0 Å². The van der Waals surface area contributed by atoms with Crippen LogP contribution < -0.4 is 15.4 Å². The molecule has 0 saturated carbocycles. The molecule has 1 aromatic rings. The molecule has 3 N–H and O–H groups in total. The van der Waals surface area contributed by atoms with E-state index in [2.05, 4.69) is 29.5 Å². The maximum atomic E-state index is 10.7. The number of halogens is 1. The minimum atomic E-state index is -0.667. The summed E-state index contributed by atoms with van der Waals surface area (Å²) in [6, 6.07) is 7.89. The van der Waals surface area contributed by atoms with Gasteiger partial charge >= 0.3 is 0 Å². The maximum absolute atomic E-state index is 10.7. The second kappa shape index (κ2) is 13.2. The molecule has 0 saturated heterocycles. The number of aliphatic hydroxyl groups is 1. The van der Waals surface area contributed by atoms with E-state index in [0.717, 1.165) is 49.5 Å². The number of ether oxygens (including phenoxy) is 1. The molecule has 0 unspecified atom stereocenters. The SMILES string of the molecule is CCCC(O)(CCC)CNC(=NCc1ccc(OC)cc1)NCC.I. The number of hydrogen-bond acceptors (Lipinski definition) is 3. The van der Waals surface area contributed by atoms with Crippen LogP contribution in [-0.4, -0.2) is 36.9 Å². The molecule has 0 fully saturated rings. The minimum Gasteiger partial charge on any atom is -0.497 e. The lowest BCUT2D eigenvalue weighted by Crippen LogP contribution is -2.47. The van der Waals surface area contributed by atoms with Gasteiger partial charge in [0.1, 0.15) is 5.75 Å². The molecule has 0 aliphatic carbocycles. The second-order valence-electron chi connectivity index (χ2n) is 6.12. The third-order valence-corrected chi connectivity index (χ3v) is 3.94. The zero-order valence-corrected chi connectivity index (χ0v) is 18.3. The fourth-order valence-corrected chi connectivity index (χ4v) is 2.72. The minimum absolute atomic E-state index is 0. The summed E-state index contributed by atoms with van der Waals surface area (Å²) in [5, 5.41) is 17.2. The number of benzene rings is 1. The first-order chi connectivity index (χ1) is 11.6. The maximum Gasteiger partial charge on any atom is 0.191 e. The van der Waals surface area contributed by atoms with E-state index in [-0.39, 0.29) is 24.0 Å². The van der Waals surface area contributed by atoms with E-state index in [1.165, 1.54) is 0 Å². The largest absolute Gasteiger partial charge is 0.497 e. The lowest BCUT2D eigenvalue weighted by Gasteiger charge is -2.28. The molecule has 1 aromatic carbocycles. The van der Waals surface area contributed by atoms with Crippen LogP contribution in [0.3, 0.4) is 0 Å². The number of rotatable bonds is 10. The van der Waals surface area contributed by atoms with Crippen LogP contribution in [0.15, 0.2) is 29.3 Å². The van der Waals surface area contributed by atoms with Crippen molar-refractivity contribution in [2.75, 3.05) is 20.2 Å². The average molecular weight is 463 g/mol. The highest BCUT2D eigenvalue weighted by Gasteiger charge is 2.24. The molecule has 6 heteroatoms. The van der Waals surface area contributed by atoms with Gasteiger partial charge in [0.15, 0.2) is 5.96 Å². The van der Waals surface area contributed by atoms with Gasteiger partial charge < -0.3 is 20.5 Å². The average Bonchev–Trinajstić information content (AvgIpc) is 2.58. The first kappa shape index (κ1) is 24.0. The summed E-state index contributed by atoms with van der Waals surface area (Å²) in [7, 11) is 1.66. The molecule has 25 heavy (non-hydrogen) atoms. The molecule has 0 amide bonds. The highest BCUT2D eigenvalue weighted by molar-refractivity contribution is 14.0. The molecule has 0 aliphatic heterocycles. The van der Waals surface area contributed by atoms with E-state index < -0.39 is 5.60 Å². The Bertz CT molecular complexity index is 486. The zero-order valence-electron chi connectivity index (χ0n) is 16.0. The predicted octanol–water partition coefficient (Wildman–Crippen LogP) is 3.70. The van der Waals surface area contributed by atoms with Crippen molar-refractivity contribution in [1.29, 1.82) is 0 Å². The van der Waals surface area contributed by atoms with Crippen molar-refractivity contribution in [3.63, 3.8) is 0 Å². The van der Waals surface area contributed by atoms with Crippen LogP contribution >= 0.6 is 24.0 Å². The number of nitrogens with one attached hydrogen (secondary N) is 2. The smallest absolute Gasteiger partial charge is 0.191 e. The number of aliphatic imine (C=N–C) groups is 1. The zero-order chi connectivity index (χ0) is 17.8. The Morgan fingerprint density at radius 2 is 1.68 bits per heavy atom. The predicted molar refractivity (Wildman–Crippen MR) is 116 cm³/mol. The van der Waals surface area contributed by atoms with Crippen molar-refractivity contribution >= 4 is 29.9 Å². The van der Waals surface area contributed by atoms with Crippen molar-refractivity contribution in [2.24, 2.45) is 4.99 Å². The highest BCUT2D eigenvalue weighted by Crippen LogP contribution is 2.18. The Hall–Kier alpha value is -1.02. The van der Waals surface area contributed by atoms with Crippen molar-refractivity contribution < 1.29 is 9.84 Å². The number of methoxy groups -OCH3 is 1. The molecule has 0 spiro atoms. The molecular formula is C19H34IN3O2. The highest BCUT2D eigenvalue weighted by atomic mass is 127. The Morgan fingerprint density at radius 3 is 2.16 bits per heavy atom. The monoisotopic (exact) mass is 463 g/mol. The Labute approximate surface area is 169 Å². The van der Waals surface area contributed by atoms with Crippen LogP contribution in [-0.2, 0) is 6.54 Å². The summed E-state index contributed by atoms with van der Waals surface area (Å²) in [4.78, 5) is 4.61. The van der Waals surface area contributed by atoms with Gasteiger partial charge in [-0.05, 0) is 37.5 Å².